The third-order valence-corrected chi connectivity index (χ3v) is 3.30. The molecule has 2 aromatic carbocycles. The van der Waals surface area contributed by atoms with E-state index < -0.39 is 0 Å². The van der Waals surface area contributed by atoms with E-state index in [-0.39, 0.29) is 0 Å². The first-order chi connectivity index (χ1) is 10.1. The van der Waals surface area contributed by atoms with Crippen LogP contribution in [0.2, 0.25) is 0 Å². The van der Waals surface area contributed by atoms with Gasteiger partial charge in [-0.05, 0) is 30.2 Å². The number of hydrogen-bond acceptors (Lipinski definition) is 2. The van der Waals surface area contributed by atoms with Crippen LogP contribution in [0.1, 0.15) is 18.1 Å². The quantitative estimate of drug-likeness (QED) is 0.648. The van der Waals surface area contributed by atoms with Crippen LogP contribution in [0.25, 0.3) is 11.1 Å². The number of para-hydroxylation sites is 1. The first-order valence-electron chi connectivity index (χ1n) is 6.84. The second-order valence-electron chi connectivity index (χ2n) is 4.85. The van der Waals surface area contributed by atoms with Gasteiger partial charge in [0, 0.05) is 22.5 Å². The predicted octanol–water partition coefficient (Wildman–Crippen LogP) is 4.23. The molecule has 0 radical (unpaired) electrons. The third-order valence-electron chi connectivity index (χ3n) is 3.30. The van der Waals surface area contributed by atoms with Crippen molar-refractivity contribution < 1.29 is 0 Å². The number of allylic oxidation sites excluding steroid dienone is 5. The van der Waals surface area contributed by atoms with Crippen molar-refractivity contribution in [2.45, 2.75) is 6.92 Å². The summed E-state index contributed by atoms with van der Waals surface area (Å²) in [5.74, 6) is 0. The maximum Gasteiger partial charge on any atom is 0.0394 e. The summed E-state index contributed by atoms with van der Waals surface area (Å²) in [7, 11) is 0. The van der Waals surface area contributed by atoms with Gasteiger partial charge < -0.3 is 11.5 Å². The second-order valence-corrected chi connectivity index (χ2v) is 4.85. The lowest BCUT2D eigenvalue weighted by Gasteiger charge is -2.11. The Morgan fingerprint density at radius 3 is 2.19 bits per heavy atom. The number of nitrogen functional groups attached to an aromatic ring is 1. The highest BCUT2D eigenvalue weighted by Crippen LogP contribution is 2.28. The molecule has 0 fully saturated rings. The molecule has 0 saturated carbocycles. The lowest BCUT2D eigenvalue weighted by molar-refractivity contribution is 1.32. The molecule has 0 aliphatic carbocycles. The second kappa shape index (κ2) is 6.62. The zero-order chi connectivity index (χ0) is 15.2. The summed E-state index contributed by atoms with van der Waals surface area (Å²) in [5.41, 5.74) is 17.5. The van der Waals surface area contributed by atoms with Crippen molar-refractivity contribution in [2.24, 2.45) is 5.73 Å². The van der Waals surface area contributed by atoms with Gasteiger partial charge in [0.2, 0.25) is 0 Å². The normalized spacial score (nSPS) is 12.7. The topological polar surface area (TPSA) is 52.0 Å². The lowest BCUT2D eigenvalue weighted by atomic mass is 9.96. The maximum atomic E-state index is 6.07. The van der Waals surface area contributed by atoms with Crippen LogP contribution in [0.15, 0.2) is 79.0 Å². The lowest BCUT2D eigenvalue weighted by Crippen LogP contribution is -2.00. The fourth-order valence-electron chi connectivity index (χ4n) is 2.19. The SMILES string of the molecule is C=C/C(=C\C(=C(/C)N)c1ccccc1N)c1ccccc1. The molecular formula is C19H20N2. The minimum Gasteiger partial charge on any atom is -0.402 e. The van der Waals surface area contributed by atoms with Crippen LogP contribution < -0.4 is 11.5 Å². The van der Waals surface area contributed by atoms with E-state index in [0.717, 1.165) is 28.0 Å². The summed E-state index contributed by atoms with van der Waals surface area (Å²) in [4.78, 5) is 0. The summed E-state index contributed by atoms with van der Waals surface area (Å²) in [6.07, 6.45) is 3.86. The molecule has 2 rings (SSSR count). The summed E-state index contributed by atoms with van der Waals surface area (Å²) in [6, 6.07) is 17.8. The van der Waals surface area contributed by atoms with Gasteiger partial charge in [-0.3, -0.25) is 0 Å². The van der Waals surface area contributed by atoms with Gasteiger partial charge >= 0.3 is 0 Å². The maximum absolute atomic E-state index is 6.07. The number of benzene rings is 2. The van der Waals surface area contributed by atoms with Gasteiger partial charge in [-0.25, -0.2) is 0 Å². The molecule has 2 heteroatoms. The molecule has 0 atom stereocenters. The van der Waals surface area contributed by atoms with Crippen LogP contribution in [-0.2, 0) is 0 Å². The number of anilines is 1. The molecule has 0 aromatic heterocycles. The van der Waals surface area contributed by atoms with Crippen molar-refractivity contribution in [2.75, 3.05) is 5.73 Å². The van der Waals surface area contributed by atoms with Crippen molar-refractivity contribution >= 4 is 16.8 Å². The predicted molar refractivity (Wildman–Crippen MR) is 92.3 cm³/mol. The molecule has 0 spiro atoms. The van der Waals surface area contributed by atoms with Gasteiger partial charge in [0.25, 0.3) is 0 Å². The Morgan fingerprint density at radius 1 is 1.00 bits per heavy atom. The van der Waals surface area contributed by atoms with Crippen LogP contribution >= 0.6 is 0 Å². The van der Waals surface area contributed by atoms with Gasteiger partial charge in [0.1, 0.15) is 0 Å². The van der Waals surface area contributed by atoms with Crippen LogP contribution in [0, 0.1) is 0 Å². The van der Waals surface area contributed by atoms with Crippen molar-refractivity contribution in [3.05, 3.63) is 90.2 Å². The first-order valence-corrected chi connectivity index (χ1v) is 6.84. The Bertz CT molecular complexity index is 691. The van der Waals surface area contributed by atoms with E-state index in [4.69, 9.17) is 11.5 Å². The molecule has 2 nitrogen and oxygen atoms in total. The van der Waals surface area contributed by atoms with Crippen LogP contribution in [0.5, 0.6) is 0 Å². The molecule has 21 heavy (non-hydrogen) atoms. The van der Waals surface area contributed by atoms with Gasteiger partial charge in [0.15, 0.2) is 0 Å². The summed E-state index contributed by atoms with van der Waals surface area (Å²) >= 11 is 0. The minimum absolute atomic E-state index is 0.713. The van der Waals surface area contributed by atoms with Gasteiger partial charge in [-0.2, -0.15) is 0 Å². The standard InChI is InChI=1S/C19H20N2/c1-3-15(16-9-5-4-6-10-16)13-18(14(2)20)17-11-7-8-12-19(17)21/h3-13H,1,20-21H2,2H3/b15-13+,18-14-. The monoisotopic (exact) mass is 276 g/mol. The third kappa shape index (κ3) is 3.42. The van der Waals surface area contributed by atoms with E-state index >= 15 is 0 Å². The molecule has 0 heterocycles. The van der Waals surface area contributed by atoms with Crippen LogP contribution in [-0.4, -0.2) is 0 Å². The number of hydrogen-bond donors (Lipinski definition) is 2. The Hall–Kier alpha value is -2.74. The first kappa shape index (κ1) is 14.7. The highest BCUT2D eigenvalue weighted by molar-refractivity contribution is 5.91. The molecular weight excluding hydrogens is 256 g/mol. The van der Waals surface area contributed by atoms with E-state index in [9.17, 15) is 0 Å². The van der Waals surface area contributed by atoms with Gasteiger partial charge in [-0.15, -0.1) is 0 Å². The Kier molecular flexibility index (Phi) is 4.62. The molecule has 2 aromatic rings. The molecule has 106 valence electrons. The Labute approximate surface area is 126 Å². The molecule has 4 N–H and O–H groups in total. The zero-order valence-electron chi connectivity index (χ0n) is 12.2. The summed E-state index contributed by atoms with van der Waals surface area (Å²) < 4.78 is 0. The zero-order valence-corrected chi connectivity index (χ0v) is 12.2. The average molecular weight is 276 g/mol. The highest BCUT2D eigenvalue weighted by atomic mass is 14.6. The molecule has 0 aliphatic rings. The van der Waals surface area contributed by atoms with E-state index in [0.29, 0.717) is 5.69 Å². The van der Waals surface area contributed by atoms with E-state index in [1.54, 1.807) is 0 Å². The van der Waals surface area contributed by atoms with Crippen molar-refractivity contribution in [3.8, 4) is 0 Å². The Balaban J connectivity index is 2.55. The smallest absolute Gasteiger partial charge is 0.0394 e. The van der Waals surface area contributed by atoms with E-state index in [2.05, 4.69) is 6.58 Å². The molecule has 0 aliphatic heterocycles. The Morgan fingerprint density at radius 2 is 1.62 bits per heavy atom. The number of nitrogens with two attached hydrogens (primary N) is 2. The molecule has 0 bridgehead atoms. The molecule has 0 unspecified atom stereocenters. The fourth-order valence-corrected chi connectivity index (χ4v) is 2.19. The largest absolute Gasteiger partial charge is 0.402 e. The molecule has 0 amide bonds. The average Bonchev–Trinajstić information content (AvgIpc) is 2.50. The van der Waals surface area contributed by atoms with Gasteiger partial charge in [0.05, 0.1) is 0 Å². The number of rotatable bonds is 4. The summed E-state index contributed by atoms with van der Waals surface area (Å²) in [5, 5.41) is 0. The fraction of sp³-hybridized carbons (Fsp3) is 0.0526. The highest BCUT2D eigenvalue weighted by Gasteiger charge is 2.07. The van der Waals surface area contributed by atoms with Crippen LogP contribution in [0.4, 0.5) is 5.69 Å². The van der Waals surface area contributed by atoms with E-state index in [1.165, 1.54) is 0 Å². The van der Waals surface area contributed by atoms with Crippen molar-refractivity contribution in [1.82, 2.24) is 0 Å². The van der Waals surface area contributed by atoms with E-state index in [1.807, 2.05) is 73.7 Å². The summed E-state index contributed by atoms with van der Waals surface area (Å²) in [6.45, 7) is 5.78. The van der Waals surface area contributed by atoms with Crippen molar-refractivity contribution in [3.63, 3.8) is 0 Å². The molecule has 0 saturated heterocycles. The van der Waals surface area contributed by atoms with Crippen molar-refractivity contribution in [1.29, 1.82) is 0 Å². The van der Waals surface area contributed by atoms with Crippen LogP contribution in [0.3, 0.4) is 0 Å². The minimum atomic E-state index is 0.713. The van der Waals surface area contributed by atoms with Gasteiger partial charge in [-0.1, -0.05) is 61.2 Å².